The molecule has 0 spiro atoms. The fraction of sp³-hybridized carbons (Fsp3) is 0.450. The van der Waals surface area contributed by atoms with Crippen LogP contribution in [0.3, 0.4) is 0 Å². The maximum absolute atomic E-state index is 12.5. The molecule has 0 bridgehead atoms. The van der Waals surface area contributed by atoms with E-state index in [9.17, 15) is 14.4 Å². The number of amides is 3. The molecule has 144 valence electrons. The maximum atomic E-state index is 12.5. The minimum Gasteiger partial charge on any atom is -0.497 e. The van der Waals surface area contributed by atoms with Crippen LogP contribution in [0.15, 0.2) is 29.2 Å². The van der Waals surface area contributed by atoms with Gasteiger partial charge < -0.3 is 10.1 Å². The minimum atomic E-state index is -0.312. The number of rotatable bonds is 6. The molecule has 1 saturated carbocycles. The van der Waals surface area contributed by atoms with Crippen LogP contribution in [-0.4, -0.2) is 42.2 Å². The third kappa shape index (κ3) is 4.91. The first-order chi connectivity index (χ1) is 13.1. The fourth-order valence-electron chi connectivity index (χ4n) is 3.34. The van der Waals surface area contributed by atoms with Crippen molar-refractivity contribution in [1.29, 1.82) is 0 Å². The van der Waals surface area contributed by atoms with Gasteiger partial charge in [-0.1, -0.05) is 31.4 Å². The molecule has 1 aromatic carbocycles. The number of hydrogen-bond donors (Lipinski definition) is 1. The predicted octanol–water partition coefficient (Wildman–Crippen LogP) is 3.43. The summed E-state index contributed by atoms with van der Waals surface area (Å²) in [5, 5.41) is 2.57. The zero-order valence-electron chi connectivity index (χ0n) is 15.4. The van der Waals surface area contributed by atoms with E-state index >= 15 is 0 Å². The molecule has 0 atom stereocenters. The molecule has 0 aromatic heterocycles. The summed E-state index contributed by atoms with van der Waals surface area (Å²) in [5.41, 5.74) is 0.826. The minimum absolute atomic E-state index is 0.0375. The highest BCUT2D eigenvalue weighted by atomic mass is 32.2. The summed E-state index contributed by atoms with van der Waals surface area (Å²) in [4.78, 5) is 38.4. The highest BCUT2D eigenvalue weighted by molar-refractivity contribution is 8.18. The van der Waals surface area contributed by atoms with Crippen molar-refractivity contribution in [3.63, 3.8) is 0 Å². The van der Waals surface area contributed by atoms with Crippen LogP contribution in [0.1, 0.15) is 37.7 Å². The van der Waals surface area contributed by atoms with Gasteiger partial charge in [-0.15, -0.1) is 0 Å². The number of benzene rings is 1. The fourth-order valence-corrected chi connectivity index (χ4v) is 4.21. The molecule has 1 heterocycles. The van der Waals surface area contributed by atoms with Crippen molar-refractivity contribution >= 4 is 34.9 Å². The molecule has 1 aliphatic carbocycles. The average Bonchev–Trinajstić information content (AvgIpc) is 2.96. The van der Waals surface area contributed by atoms with Crippen LogP contribution in [0.25, 0.3) is 6.08 Å². The number of hydrogen-bond acceptors (Lipinski definition) is 5. The molecule has 2 aliphatic rings. The number of thioether (sulfide) groups is 1. The summed E-state index contributed by atoms with van der Waals surface area (Å²) in [6.07, 6.45) is 6.94. The van der Waals surface area contributed by atoms with Gasteiger partial charge in [-0.25, -0.2) is 0 Å². The van der Waals surface area contributed by atoms with Crippen LogP contribution in [0, 0.1) is 5.92 Å². The van der Waals surface area contributed by atoms with Gasteiger partial charge in [0.15, 0.2) is 0 Å². The Balaban J connectivity index is 1.54. The molecular formula is C20H24N2O4S. The Labute approximate surface area is 163 Å². The van der Waals surface area contributed by atoms with Crippen molar-refractivity contribution in [3.05, 3.63) is 34.7 Å². The highest BCUT2D eigenvalue weighted by Gasteiger charge is 2.34. The van der Waals surface area contributed by atoms with E-state index in [0.29, 0.717) is 11.4 Å². The van der Waals surface area contributed by atoms with Gasteiger partial charge in [0.1, 0.15) is 5.75 Å². The number of carbonyl (C=O) groups excluding carboxylic acids is 3. The van der Waals surface area contributed by atoms with Gasteiger partial charge in [-0.05, 0) is 48.4 Å². The molecular weight excluding hydrogens is 364 g/mol. The lowest BCUT2D eigenvalue weighted by Gasteiger charge is -2.21. The standard InChI is InChI=1S/C20H24N2O4S/c1-26-16-9-7-14(8-10-16)13-17-19(24)22(20(25)27-17)12-11-21-18(23)15-5-3-2-4-6-15/h7-10,13,15H,2-6,11-12H2,1H3,(H,21,23). The lowest BCUT2D eigenvalue weighted by atomic mass is 9.89. The van der Waals surface area contributed by atoms with Crippen molar-refractivity contribution in [1.82, 2.24) is 10.2 Å². The molecule has 1 aliphatic heterocycles. The van der Waals surface area contributed by atoms with Crippen molar-refractivity contribution < 1.29 is 19.1 Å². The Bertz CT molecular complexity index is 739. The van der Waals surface area contributed by atoms with E-state index in [1.807, 2.05) is 12.1 Å². The highest BCUT2D eigenvalue weighted by Crippen LogP contribution is 2.32. The van der Waals surface area contributed by atoms with Gasteiger partial charge >= 0.3 is 0 Å². The summed E-state index contributed by atoms with van der Waals surface area (Å²) >= 11 is 0.928. The van der Waals surface area contributed by atoms with Crippen LogP contribution < -0.4 is 10.1 Å². The lowest BCUT2D eigenvalue weighted by Crippen LogP contribution is -2.39. The van der Waals surface area contributed by atoms with E-state index in [0.717, 1.165) is 48.8 Å². The summed E-state index contributed by atoms with van der Waals surface area (Å²) in [6, 6.07) is 7.27. The molecule has 27 heavy (non-hydrogen) atoms. The van der Waals surface area contributed by atoms with Crippen molar-refractivity contribution in [3.8, 4) is 5.75 Å². The molecule has 6 nitrogen and oxygen atoms in total. The summed E-state index contributed by atoms with van der Waals surface area (Å²) in [5.74, 6) is 0.528. The molecule has 1 N–H and O–H groups in total. The number of methoxy groups -OCH3 is 1. The van der Waals surface area contributed by atoms with Crippen LogP contribution in [0.5, 0.6) is 5.75 Å². The SMILES string of the molecule is COc1ccc(C=C2SC(=O)N(CCNC(=O)C3CCCCC3)C2=O)cc1. The largest absolute Gasteiger partial charge is 0.497 e. The Hall–Kier alpha value is -2.28. The van der Waals surface area contributed by atoms with Crippen LogP contribution in [-0.2, 0) is 9.59 Å². The zero-order chi connectivity index (χ0) is 19.2. The summed E-state index contributed by atoms with van der Waals surface area (Å²) in [7, 11) is 1.59. The Morgan fingerprint density at radius 1 is 1.22 bits per heavy atom. The van der Waals surface area contributed by atoms with Crippen LogP contribution in [0.2, 0.25) is 0 Å². The smallest absolute Gasteiger partial charge is 0.293 e. The van der Waals surface area contributed by atoms with Crippen molar-refractivity contribution in [2.45, 2.75) is 32.1 Å². The first-order valence-electron chi connectivity index (χ1n) is 9.25. The van der Waals surface area contributed by atoms with E-state index in [4.69, 9.17) is 4.74 Å². The van der Waals surface area contributed by atoms with E-state index in [-0.39, 0.29) is 29.5 Å². The molecule has 0 unspecified atom stereocenters. The third-order valence-electron chi connectivity index (χ3n) is 4.90. The van der Waals surface area contributed by atoms with Crippen LogP contribution >= 0.6 is 11.8 Å². The third-order valence-corrected chi connectivity index (χ3v) is 5.81. The quantitative estimate of drug-likeness (QED) is 0.756. The maximum Gasteiger partial charge on any atom is 0.293 e. The summed E-state index contributed by atoms with van der Waals surface area (Å²) < 4.78 is 5.11. The van der Waals surface area contributed by atoms with Crippen molar-refractivity contribution in [2.75, 3.05) is 20.2 Å². The molecule has 0 radical (unpaired) electrons. The number of nitrogens with zero attached hydrogens (tertiary/aromatic N) is 1. The second-order valence-corrected chi connectivity index (χ2v) is 7.73. The Morgan fingerprint density at radius 3 is 2.59 bits per heavy atom. The lowest BCUT2D eigenvalue weighted by molar-refractivity contribution is -0.127. The van der Waals surface area contributed by atoms with E-state index in [1.165, 1.54) is 11.3 Å². The van der Waals surface area contributed by atoms with E-state index < -0.39 is 0 Å². The second kappa shape index (κ2) is 9.08. The van der Waals surface area contributed by atoms with Gasteiger partial charge in [-0.3, -0.25) is 19.3 Å². The van der Waals surface area contributed by atoms with E-state index in [1.54, 1.807) is 25.3 Å². The normalized spacial score (nSPS) is 19.6. The van der Waals surface area contributed by atoms with Gasteiger partial charge in [0.2, 0.25) is 5.91 Å². The van der Waals surface area contributed by atoms with E-state index in [2.05, 4.69) is 5.32 Å². The van der Waals surface area contributed by atoms with Crippen LogP contribution in [0.4, 0.5) is 4.79 Å². The molecule has 7 heteroatoms. The monoisotopic (exact) mass is 388 g/mol. The predicted molar refractivity (Wildman–Crippen MR) is 105 cm³/mol. The Morgan fingerprint density at radius 2 is 1.93 bits per heavy atom. The number of imide groups is 1. The number of ether oxygens (including phenoxy) is 1. The first kappa shape index (κ1) is 19.5. The molecule has 1 saturated heterocycles. The average molecular weight is 388 g/mol. The number of nitrogens with one attached hydrogen (secondary N) is 1. The molecule has 3 rings (SSSR count). The van der Waals surface area contributed by atoms with Gasteiger partial charge in [0.05, 0.1) is 12.0 Å². The van der Waals surface area contributed by atoms with Gasteiger partial charge in [0.25, 0.3) is 11.1 Å². The van der Waals surface area contributed by atoms with Crippen molar-refractivity contribution in [2.24, 2.45) is 5.92 Å². The first-order valence-corrected chi connectivity index (χ1v) is 10.1. The molecule has 2 fully saturated rings. The zero-order valence-corrected chi connectivity index (χ0v) is 16.2. The molecule has 3 amide bonds. The van der Waals surface area contributed by atoms with Gasteiger partial charge in [-0.2, -0.15) is 0 Å². The summed E-state index contributed by atoms with van der Waals surface area (Å²) in [6.45, 7) is 0.492. The number of carbonyl (C=O) groups is 3. The van der Waals surface area contributed by atoms with Gasteiger partial charge in [0, 0.05) is 19.0 Å². The second-order valence-electron chi connectivity index (χ2n) is 6.73. The topological polar surface area (TPSA) is 75.7 Å². The molecule has 1 aromatic rings. The Kier molecular flexibility index (Phi) is 6.55.